The van der Waals surface area contributed by atoms with E-state index < -0.39 is 23.6 Å². The van der Waals surface area contributed by atoms with E-state index in [4.69, 9.17) is 4.74 Å². The number of halogens is 2. The monoisotopic (exact) mass is 495 g/mol. The number of methoxy groups -OCH3 is 1. The molecule has 10 heteroatoms. The fraction of sp³-hybridized carbons (Fsp3) is 0.231. The van der Waals surface area contributed by atoms with E-state index in [0.717, 1.165) is 0 Å². The molecule has 1 fully saturated rings. The molecule has 36 heavy (non-hydrogen) atoms. The van der Waals surface area contributed by atoms with E-state index in [-0.39, 0.29) is 40.5 Å². The molecule has 2 aromatic carbocycles. The summed E-state index contributed by atoms with van der Waals surface area (Å²) in [6, 6.07) is 13.3. The fourth-order valence-corrected chi connectivity index (χ4v) is 4.33. The second-order valence-corrected chi connectivity index (χ2v) is 8.59. The first-order valence-corrected chi connectivity index (χ1v) is 11.0. The molecule has 8 nitrogen and oxygen atoms in total. The number of ketones is 1. The van der Waals surface area contributed by atoms with Crippen LogP contribution in [-0.2, 0) is 21.4 Å². The van der Waals surface area contributed by atoms with E-state index >= 15 is 0 Å². The summed E-state index contributed by atoms with van der Waals surface area (Å²) in [5.41, 5.74) is 0.747. The van der Waals surface area contributed by atoms with Crippen molar-refractivity contribution in [1.82, 2.24) is 4.98 Å². The molecule has 0 spiro atoms. The van der Waals surface area contributed by atoms with Crippen LogP contribution in [0, 0.1) is 0 Å². The van der Waals surface area contributed by atoms with Crippen LogP contribution >= 0.6 is 0 Å². The number of rotatable bonds is 7. The third-order valence-electron chi connectivity index (χ3n) is 6.32. The highest BCUT2D eigenvalue weighted by Gasteiger charge is 2.52. The lowest BCUT2D eigenvalue weighted by Crippen LogP contribution is -2.26. The highest BCUT2D eigenvalue weighted by Crippen LogP contribution is 2.52. The van der Waals surface area contributed by atoms with Crippen molar-refractivity contribution >= 4 is 17.7 Å². The molecule has 1 saturated carbocycles. The molecule has 1 aliphatic heterocycles. The van der Waals surface area contributed by atoms with Gasteiger partial charge in [-0.1, -0.05) is 18.2 Å². The van der Waals surface area contributed by atoms with E-state index in [1.54, 1.807) is 12.1 Å². The largest absolute Gasteiger partial charge is 0.586 e. The van der Waals surface area contributed by atoms with Crippen LogP contribution in [0.2, 0.25) is 0 Å². The predicted molar refractivity (Wildman–Crippen MR) is 120 cm³/mol. The van der Waals surface area contributed by atoms with Crippen LogP contribution in [-0.4, -0.2) is 41.2 Å². The summed E-state index contributed by atoms with van der Waals surface area (Å²) in [6.07, 6.45) is -2.76. The molecule has 0 bridgehead atoms. The Hall–Kier alpha value is -4.34. The van der Waals surface area contributed by atoms with Gasteiger partial charge in [-0.15, -0.1) is 8.78 Å². The standard InChI is InChI=1S/C26H19F2NO7/c1-34-24(33)18-7-6-17(29-22(18)14-3-2-4-15(11-14)23(31)32)13-21(30)25(9-10-25)16-5-8-19-20(12-16)36-26(27,28)35-19/h2-8,11-12H,9-10,13H2,1H3,(H,31,32). The van der Waals surface area contributed by atoms with Gasteiger partial charge < -0.3 is 19.3 Å². The average Bonchev–Trinajstić information content (AvgIpc) is 3.60. The highest BCUT2D eigenvalue weighted by molar-refractivity contribution is 5.98. The number of carboxylic acids is 1. The number of carbonyl (C=O) groups is 3. The SMILES string of the molecule is COC(=O)c1ccc(CC(=O)C2(c3ccc4c(c3)OC(F)(F)O4)CC2)nc1-c1cccc(C(=O)O)c1. The number of aromatic nitrogens is 1. The molecule has 2 heterocycles. The Balaban J connectivity index is 1.45. The topological polar surface area (TPSA) is 112 Å². The van der Waals surface area contributed by atoms with Crippen molar-refractivity contribution in [2.75, 3.05) is 7.11 Å². The smallest absolute Gasteiger partial charge is 0.478 e. The molecule has 0 saturated heterocycles. The summed E-state index contributed by atoms with van der Waals surface area (Å²) in [6.45, 7) is 0. The van der Waals surface area contributed by atoms with Gasteiger partial charge in [-0.2, -0.15) is 0 Å². The van der Waals surface area contributed by atoms with E-state index in [9.17, 15) is 28.3 Å². The van der Waals surface area contributed by atoms with Gasteiger partial charge in [0.25, 0.3) is 0 Å². The molecule has 0 unspecified atom stereocenters. The van der Waals surface area contributed by atoms with Gasteiger partial charge >= 0.3 is 18.2 Å². The first-order valence-electron chi connectivity index (χ1n) is 11.0. The zero-order valence-corrected chi connectivity index (χ0v) is 18.9. The Kier molecular flexibility index (Phi) is 5.46. The molecular formula is C26H19F2NO7. The van der Waals surface area contributed by atoms with Gasteiger partial charge in [0.1, 0.15) is 5.78 Å². The fourth-order valence-electron chi connectivity index (χ4n) is 4.33. The maximum Gasteiger partial charge on any atom is 0.586 e. The minimum Gasteiger partial charge on any atom is -0.478 e. The molecule has 0 radical (unpaired) electrons. The van der Waals surface area contributed by atoms with Crippen molar-refractivity contribution in [2.24, 2.45) is 0 Å². The van der Waals surface area contributed by atoms with Crippen LogP contribution in [0.4, 0.5) is 8.78 Å². The molecule has 1 aliphatic carbocycles. The first kappa shape index (κ1) is 23.4. The zero-order valence-electron chi connectivity index (χ0n) is 18.9. The van der Waals surface area contributed by atoms with Crippen molar-refractivity contribution in [1.29, 1.82) is 0 Å². The molecule has 1 N–H and O–H groups in total. The van der Waals surface area contributed by atoms with Crippen LogP contribution in [0.5, 0.6) is 11.5 Å². The number of aromatic carboxylic acids is 1. The summed E-state index contributed by atoms with van der Waals surface area (Å²) in [7, 11) is 1.22. The molecule has 1 aromatic heterocycles. The van der Waals surface area contributed by atoms with Gasteiger partial charge in [0, 0.05) is 17.7 Å². The van der Waals surface area contributed by atoms with Gasteiger partial charge in [-0.25, -0.2) is 9.59 Å². The number of benzene rings is 2. The highest BCUT2D eigenvalue weighted by atomic mass is 19.3. The number of Topliss-reactive ketones (excluding diaryl/α,β-unsaturated/α-hetero) is 1. The van der Waals surface area contributed by atoms with Crippen molar-refractivity contribution in [3.63, 3.8) is 0 Å². The Morgan fingerprint density at radius 3 is 2.47 bits per heavy atom. The van der Waals surface area contributed by atoms with Crippen LogP contribution in [0.15, 0.2) is 54.6 Å². The summed E-state index contributed by atoms with van der Waals surface area (Å²) in [5.74, 6) is -2.19. The lowest BCUT2D eigenvalue weighted by molar-refractivity contribution is -0.286. The number of nitrogens with zero attached hydrogens (tertiary/aromatic N) is 1. The maximum atomic E-state index is 13.4. The van der Waals surface area contributed by atoms with Crippen molar-refractivity contribution in [3.8, 4) is 22.8 Å². The molecule has 184 valence electrons. The normalized spacial score (nSPS) is 16.3. The summed E-state index contributed by atoms with van der Waals surface area (Å²) in [5, 5.41) is 9.33. The summed E-state index contributed by atoms with van der Waals surface area (Å²) >= 11 is 0. The number of carboxylic acid groups (broad SMARTS) is 1. The Morgan fingerprint density at radius 2 is 1.78 bits per heavy atom. The van der Waals surface area contributed by atoms with Gasteiger partial charge in [0.2, 0.25) is 0 Å². The third kappa shape index (κ3) is 4.15. The lowest BCUT2D eigenvalue weighted by atomic mass is 9.88. The van der Waals surface area contributed by atoms with Crippen LogP contribution in [0.25, 0.3) is 11.3 Å². The number of ether oxygens (including phenoxy) is 3. The van der Waals surface area contributed by atoms with Crippen molar-refractivity contribution < 1.29 is 42.5 Å². The Morgan fingerprint density at radius 1 is 1.03 bits per heavy atom. The second-order valence-electron chi connectivity index (χ2n) is 8.59. The third-order valence-corrected chi connectivity index (χ3v) is 6.32. The summed E-state index contributed by atoms with van der Waals surface area (Å²) in [4.78, 5) is 41.6. The Labute approximate surface area is 203 Å². The molecule has 3 aromatic rings. The summed E-state index contributed by atoms with van der Waals surface area (Å²) < 4.78 is 40.6. The molecule has 0 amide bonds. The number of fused-ring (bicyclic) bond motifs is 1. The van der Waals surface area contributed by atoms with E-state index in [0.29, 0.717) is 29.7 Å². The average molecular weight is 495 g/mol. The molecular weight excluding hydrogens is 476 g/mol. The van der Waals surface area contributed by atoms with Gasteiger partial charge in [-0.3, -0.25) is 9.78 Å². The molecule has 5 rings (SSSR count). The number of carbonyl (C=O) groups excluding carboxylic acids is 2. The minimum atomic E-state index is -3.75. The lowest BCUT2D eigenvalue weighted by Gasteiger charge is -2.16. The van der Waals surface area contributed by atoms with Gasteiger partial charge in [-0.05, 0) is 54.8 Å². The van der Waals surface area contributed by atoms with Crippen LogP contribution in [0.1, 0.15) is 44.8 Å². The second kappa shape index (κ2) is 8.40. The Bertz CT molecular complexity index is 1420. The first-order chi connectivity index (χ1) is 17.1. The van der Waals surface area contributed by atoms with Gasteiger partial charge in [0.15, 0.2) is 11.5 Å². The number of hydrogen-bond acceptors (Lipinski definition) is 7. The number of pyridine rings is 1. The van der Waals surface area contributed by atoms with Crippen LogP contribution < -0.4 is 9.47 Å². The quantitative estimate of drug-likeness (QED) is 0.480. The van der Waals surface area contributed by atoms with E-state index in [2.05, 4.69) is 14.5 Å². The van der Waals surface area contributed by atoms with E-state index in [1.807, 2.05) is 0 Å². The van der Waals surface area contributed by atoms with Crippen LogP contribution in [0.3, 0.4) is 0 Å². The number of esters is 1. The van der Waals surface area contributed by atoms with E-state index in [1.165, 1.54) is 49.6 Å². The zero-order chi connectivity index (χ0) is 25.7. The number of hydrogen-bond donors (Lipinski definition) is 1. The predicted octanol–water partition coefficient (Wildman–Crippen LogP) is 4.40. The van der Waals surface area contributed by atoms with Crippen molar-refractivity contribution in [3.05, 3.63) is 77.0 Å². The minimum absolute atomic E-state index is 0.0110. The molecule has 0 atom stereocenters. The molecule has 2 aliphatic rings. The number of alkyl halides is 2. The maximum absolute atomic E-state index is 13.4. The van der Waals surface area contributed by atoms with Gasteiger partial charge in [0.05, 0.1) is 29.3 Å². The van der Waals surface area contributed by atoms with Crippen molar-refractivity contribution in [2.45, 2.75) is 31.0 Å².